The highest BCUT2D eigenvalue weighted by Crippen LogP contribution is 2.33. The predicted octanol–water partition coefficient (Wildman–Crippen LogP) is 2.36. The Morgan fingerprint density at radius 3 is 2.62 bits per heavy atom. The van der Waals surface area contributed by atoms with Gasteiger partial charge in [0.05, 0.1) is 0 Å². The van der Waals surface area contributed by atoms with Gasteiger partial charge in [-0.25, -0.2) is 0 Å². The second-order valence-corrected chi connectivity index (χ2v) is 6.65. The zero-order valence-electron chi connectivity index (χ0n) is 13.0. The summed E-state index contributed by atoms with van der Waals surface area (Å²) in [6.07, 6.45) is 2.62. The van der Waals surface area contributed by atoms with Crippen LogP contribution < -0.4 is 10.6 Å². The number of hydrogen-bond acceptors (Lipinski definition) is 3. The summed E-state index contributed by atoms with van der Waals surface area (Å²) in [7, 11) is 0. The molecule has 2 aliphatic heterocycles. The van der Waals surface area contributed by atoms with Crippen LogP contribution in [0, 0.1) is 0 Å². The lowest BCUT2D eigenvalue weighted by atomic mass is 9.82. The quantitative estimate of drug-likeness (QED) is 0.833. The Hall–Kier alpha value is -1.55. The van der Waals surface area contributed by atoms with Gasteiger partial charge >= 0.3 is 0 Å². The lowest BCUT2D eigenvalue weighted by molar-refractivity contribution is -0.122. The summed E-state index contributed by atoms with van der Waals surface area (Å²) in [4.78, 5) is 14.7. The molecule has 1 aromatic carbocycles. The summed E-state index contributed by atoms with van der Waals surface area (Å²) in [5.74, 6) is 0.162. The summed E-state index contributed by atoms with van der Waals surface area (Å²) in [5, 5.41) is 6.77. The van der Waals surface area contributed by atoms with Gasteiger partial charge in [-0.05, 0) is 38.3 Å². The third-order valence-corrected chi connectivity index (χ3v) is 4.88. The van der Waals surface area contributed by atoms with Crippen molar-refractivity contribution >= 4 is 11.6 Å². The van der Waals surface area contributed by atoms with Gasteiger partial charge in [0.25, 0.3) is 0 Å². The van der Waals surface area contributed by atoms with Crippen molar-refractivity contribution in [2.75, 3.05) is 18.4 Å². The van der Waals surface area contributed by atoms with Crippen molar-refractivity contribution in [1.29, 1.82) is 0 Å². The van der Waals surface area contributed by atoms with Crippen LogP contribution in [-0.4, -0.2) is 35.5 Å². The average molecular weight is 287 g/mol. The first-order valence-electron chi connectivity index (χ1n) is 7.95. The van der Waals surface area contributed by atoms with E-state index in [-0.39, 0.29) is 11.4 Å². The Kier molecular flexibility index (Phi) is 3.89. The second kappa shape index (κ2) is 5.68. The van der Waals surface area contributed by atoms with Crippen LogP contribution in [0.15, 0.2) is 24.3 Å². The van der Waals surface area contributed by atoms with E-state index in [4.69, 9.17) is 0 Å². The zero-order valence-corrected chi connectivity index (χ0v) is 13.0. The smallest absolute Gasteiger partial charge is 0.222 e. The van der Waals surface area contributed by atoms with Crippen LogP contribution in [0.5, 0.6) is 0 Å². The Labute approximate surface area is 126 Å². The van der Waals surface area contributed by atoms with Crippen molar-refractivity contribution in [3.8, 4) is 0 Å². The first kappa shape index (κ1) is 14.4. The van der Waals surface area contributed by atoms with E-state index in [1.54, 1.807) is 0 Å². The molecule has 1 saturated heterocycles. The van der Waals surface area contributed by atoms with Gasteiger partial charge in [0.2, 0.25) is 5.91 Å². The van der Waals surface area contributed by atoms with Crippen LogP contribution in [0.2, 0.25) is 0 Å². The highest BCUT2D eigenvalue weighted by Gasteiger charge is 2.38. The van der Waals surface area contributed by atoms with Gasteiger partial charge in [-0.2, -0.15) is 0 Å². The summed E-state index contributed by atoms with van der Waals surface area (Å²) in [6.45, 7) is 7.22. The zero-order chi connectivity index (χ0) is 14.9. The summed E-state index contributed by atoms with van der Waals surface area (Å²) >= 11 is 0. The molecule has 0 atom stereocenters. The number of nitrogens with zero attached hydrogens (tertiary/aromatic N) is 1. The van der Waals surface area contributed by atoms with Crippen molar-refractivity contribution in [2.45, 2.75) is 51.2 Å². The van der Waals surface area contributed by atoms with E-state index in [2.05, 4.69) is 47.6 Å². The van der Waals surface area contributed by atoms with E-state index >= 15 is 0 Å². The van der Waals surface area contributed by atoms with Gasteiger partial charge in [0.1, 0.15) is 0 Å². The molecule has 4 nitrogen and oxygen atoms in total. The van der Waals surface area contributed by atoms with Gasteiger partial charge in [-0.3, -0.25) is 4.79 Å². The molecule has 114 valence electrons. The number of carbonyl (C=O) groups is 1. The van der Waals surface area contributed by atoms with Gasteiger partial charge in [-0.1, -0.05) is 18.2 Å². The average Bonchev–Trinajstić information content (AvgIpc) is 2.45. The van der Waals surface area contributed by atoms with Crippen LogP contribution in [0.1, 0.15) is 38.7 Å². The molecule has 4 heteroatoms. The van der Waals surface area contributed by atoms with Crippen molar-refractivity contribution < 1.29 is 4.79 Å². The van der Waals surface area contributed by atoms with E-state index in [0.29, 0.717) is 19.0 Å². The highest BCUT2D eigenvalue weighted by molar-refractivity contribution is 5.79. The van der Waals surface area contributed by atoms with E-state index in [1.165, 1.54) is 11.3 Å². The Balaban J connectivity index is 1.83. The molecule has 1 amide bonds. The monoisotopic (exact) mass is 287 g/mol. The molecular formula is C17H25N3O. The number of para-hydroxylation sites is 1. The van der Waals surface area contributed by atoms with Crippen LogP contribution in [0.3, 0.4) is 0 Å². The lowest BCUT2D eigenvalue weighted by Crippen LogP contribution is -2.53. The van der Waals surface area contributed by atoms with Crippen LogP contribution >= 0.6 is 0 Å². The number of nitrogens with one attached hydrogen (secondary N) is 2. The largest absolute Gasteiger partial charge is 0.379 e. The molecule has 2 aliphatic rings. The first-order valence-corrected chi connectivity index (χ1v) is 7.95. The van der Waals surface area contributed by atoms with Gasteiger partial charge < -0.3 is 15.5 Å². The van der Waals surface area contributed by atoms with Crippen molar-refractivity contribution in [1.82, 2.24) is 10.2 Å². The maximum Gasteiger partial charge on any atom is 0.222 e. The Morgan fingerprint density at radius 1 is 1.19 bits per heavy atom. The standard InChI is InChI=1S/C17H25N3O/c1-13(2)20-9-7-17(8-10-20)11-16(21)18-12-14-5-3-4-6-15(14)19-17/h3-6,13,19H,7-12H2,1-2H3,(H,18,21). The molecule has 1 fully saturated rings. The molecule has 2 N–H and O–H groups in total. The van der Waals surface area contributed by atoms with Crippen molar-refractivity contribution in [3.63, 3.8) is 0 Å². The van der Waals surface area contributed by atoms with E-state index in [9.17, 15) is 4.79 Å². The number of piperidine rings is 1. The van der Waals surface area contributed by atoms with E-state index in [1.807, 2.05) is 6.07 Å². The molecular weight excluding hydrogens is 262 g/mol. The number of hydrogen-bond donors (Lipinski definition) is 2. The SMILES string of the molecule is CC(C)N1CCC2(CC1)CC(=O)NCc1ccccc1N2. The minimum absolute atomic E-state index is 0.0913. The number of carbonyl (C=O) groups excluding carboxylic acids is 1. The summed E-state index contributed by atoms with van der Waals surface area (Å²) in [5.41, 5.74) is 2.26. The molecule has 0 bridgehead atoms. The van der Waals surface area contributed by atoms with Crippen molar-refractivity contribution in [3.05, 3.63) is 29.8 Å². The number of anilines is 1. The molecule has 21 heavy (non-hydrogen) atoms. The van der Waals surface area contributed by atoms with Crippen LogP contribution in [-0.2, 0) is 11.3 Å². The minimum Gasteiger partial charge on any atom is -0.379 e. The Morgan fingerprint density at radius 2 is 1.90 bits per heavy atom. The number of amides is 1. The maximum absolute atomic E-state index is 12.2. The fraction of sp³-hybridized carbons (Fsp3) is 0.588. The number of fused-ring (bicyclic) bond motifs is 1. The molecule has 1 aromatic rings. The minimum atomic E-state index is -0.0913. The van der Waals surface area contributed by atoms with Crippen LogP contribution in [0.4, 0.5) is 5.69 Å². The number of rotatable bonds is 1. The third kappa shape index (κ3) is 3.05. The lowest BCUT2D eigenvalue weighted by Gasteiger charge is -2.45. The van der Waals surface area contributed by atoms with E-state index in [0.717, 1.165) is 25.9 Å². The number of benzene rings is 1. The molecule has 1 spiro atoms. The summed E-state index contributed by atoms with van der Waals surface area (Å²) in [6, 6.07) is 8.89. The molecule has 0 aromatic heterocycles. The highest BCUT2D eigenvalue weighted by atomic mass is 16.1. The van der Waals surface area contributed by atoms with Crippen LogP contribution in [0.25, 0.3) is 0 Å². The normalized spacial score (nSPS) is 22.1. The molecule has 0 saturated carbocycles. The molecule has 3 rings (SSSR count). The second-order valence-electron chi connectivity index (χ2n) is 6.65. The number of likely N-dealkylation sites (tertiary alicyclic amines) is 1. The molecule has 0 aliphatic carbocycles. The molecule has 0 radical (unpaired) electrons. The first-order chi connectivity index (χ1) is 10.1. The summed E-state index contributed by atoms with van der Waals surface area (Å²) < 4.78 is 0. The van der Waals surface area contributed by atoms with Crippen molar-refractivity contribution in [2.24, 2.45) is 0 Å². The predicted molar refractivity (Wildman–Crippen MR) is 85.2 cm³/mol. The molecule has 2 heterocycles. The van der Waals surface area contributed by atoms with Gasteiger partial charge in [0.15, 0.2) is 0 Å². The fourth-order valence-corrected chi connectivity index (χ4v) is 3.46. The van der Waals surface area contributed by atoms with Gasteiger partial charge in [0, 0.05) is 43.3 Å². The Bertz CT molecular complexity index is 519. The third-order valence-electron chi connectivity index (χ3n) is 4.88. The van der Waals surface area contributed by atoms with Gasteiger partial charge in [-0.15, -0.1) is 0 Å². The fourth-order valence-electron chi connectivity index (χ4n) is 3.46. The topological polar surface area (TPSA) is 44.4 Å². The molecule has 0 unspecified atom stereocenters. The maximum atomic E-state index is 12.2. The van der Waals surface area contributed by atoms with E-state index < -0.39 is 0 Å².